The van der Waals surface area contributed by atoms with Gasteiger partial charge >= 0.3 is 0 Å². The van der Waals surface area contributed by atoms with Crippen LogP contribution in [0.5, 0.6) is 0 Å². The van der Waals surface area contributed by atoms with Crippen molar-refractivity contribution in [2.45, 2.75) is 13.0 Å². The van der Waals surface area contributed by atoms with Crippen molar-refractivity contribution in [1.29, 1.82) is 0 Å². The molecule has 0 unspecified atom stereocenters. The lowest BCUT2D eigenvalue weighted by Crippen LogP contribution is -2.26. The maximum absolute atomic E-state index is 11.1. The molecule has 94 valence electrons. The molecule has 1 aromatic rings. The Morgan fingerprint density at radius 1 is 1.53 bits per heavy atom. The quantitative estimate of drug-likeness (QED) is 0.838. The second-order valence-electron chi connectivity index (χ2n) is 3.78. The van der Waals surface area contributed by atoms with Crippen LogP contribution in [-0.2, 0) is 11.4 Å². The van der Waals surface area contributed by atoms with Crippen LogP contribution in [-0.4, -0.2) is 31.7 Å². The molecule has 0 fully saturated rings. The van der Waals surface area contributed by atoms with Crippen LogP contribution in [0.3, 0.4) is 0 Å². The Kier molecular flexibility index (Phi) is 5.25. The highest BCUT2D eigenvalue weighted by atomic mass is 35.5. The number of benzene rings is 1. The van der Waals surface area contributed by atoms with Crippen molar-refractivity contribution in [3.63, 3.8) is 0 Å². The summed E-state index contributed by atoms with van der Waals surface area (Å²) >= 11 is 5.86. The van der Waals surface area contributed by atoms with Crippen LogP contribution >= 0.6 is 11.6 Å². The smallest absolute Gasteiger partial charge is 0.221 e. The molecule has 0 aliphatic heterocycles. The third kappa shape index (κ3) is 3.91. The summed E-state index contributed by atoms with van der Waals surface area (Å²) in [5.41, 5.74) is 1.65. The minimum Gasteiger partial charge on any atom is -0.392 e. The number of aliphatic hydroxyl groups is 1. The van der Waals surface area contributed by atoms with E-state index in [2.05, 4.69) is 5.32 Å². The molecular formula is C12H17ClN2O2. The molecule has 0 atom stereocenters. The van der Waals surface area contributed by atoms with E-state index in [1.54, 1.807) is 19.2 Å². The standard InChI is InChI=1S/C12H17ClN2O2/c1-14-12(17)5-6-15(2)11-4-3-10(13)7-9(11)8-16/h3-4,7,16H,5-6,8H2,1-2H3,(H,14,17). The molecule has 0 saturated heterocycles. The lowest BCUT2D eigenvalue weighted by Gasteiger charge is -2.21. The average molecular weight is 257 g/mol. The van der Waals surface area contributed by atoms with Gasteiger partial charge in [0.25, 0.3) is 0 Å². The number of nitrogens with one attached hydrogen (secondary N) is 1. The Balaban J connectivity index is 2.74. The molecule has 0 bridgehead atoms. The van der Waals surface area contributed by atoms with Crippen molar-refractivity contribution in [2.24, 2.45) is 0 Å². The molecule has 0 saturated carbocycles. The van der Waals surface area contributed by atoms with E-state index >= 15 is 0 Å². The van der Waals surface area contributed by atoms with Crippen molar-refractivity contribution >= 4 is 23.2 Å². The largest absolute Gasteiger partial charge is 0.392 e. The number of carbonyl (C=O) groups excluding carboxylic acids is 1. The Morgan fingerprint density at radius 3 is 2.82 bits per heavy atom. The molecule has 0 aliphatic rings. The summed E-state index contributed by atoms with van der Waals surface area (Å²) in [6.07, 6.45) is 0.417. The Morgan fingerprint density at radius 2 is 2.24 bits per heavy atom. The number of anilines is 1. The zero-order chi connectivity index (χ0) is 12.8. The summed E-state index contributed by atoms with van der Waals surface area (Å²) in [6, 6.07) is 5.34. The van der Waals surface area contributed by atoms with E-state index in [9.17, 15) is 9.90 Å². The van der Waals surface area contributed by atoms with Crippen LogP contribution in [0.2, 0.25) is 5.02 Å². The zero-order valence-corrected chi connectivity index (χ0v) is 10.8. The van der Waals surface area contributed by atoms with Crippen molar-refractivity contribution in [3.05, 3.63) is 28.8 Å². The zero-order valence-electron chi connectivity index (χ0n) is 10.0. The van der Waals surface area contributed by atoms with Gasteiger partial charge in [-0.15, -0.1) is 0 Å². The first-order valence-corrected chi connectivity index (χ1v) is 5.77. The van der Waals surface area contributed by atoms with Gasteiger partial charge in [-0.1, -0.05) is 11.6 Å². The van der Waals surface area contributed by atoms with Crippen molar-refractivity contribution < 1.29 is 9.90 Å². The number of hydrogen-bond donors (Lipinski definition) is 2. The molecule has 0 aliphatic carbocycles. The number of carbonyl (C=O) groups is 1. The van der Waals surface area contributed by atoms with Gasteiger partial charge in [0, 0.05) is 43.3 Å². The van der Waals surface area contributed by atoms with Gasteiger partial charge in [0.15, 0.2) is 0 Å². The highest BCUT2D eigenvalue weighted by Crippen LogP contribution is 2.23. The van der Waals surface area contributed by atoms with E-state index in [0.29, 0.717) is 18.0 Å². The van der Waals surface area contributed by atoms with E-state index in [-0.39, 0.29) is 12.5 Å². The summed E-state index contributed by atoms with van der Waals surface area (Å²) in [6.45, 7) is 0.522. The average Bonchev–Trinajstić information content (AvgIpc) is 2.35. The number of amides is 1. The van der Waals surface area contributed by atoms with E-state index < -0.39 is 0 Å². The number of rotatable bonds is 5. The van der Waals surface area contributed by atoms with Crippen LogP contribution in [0, 0.1) is 0 Å². The summed E-state index contributed by atoms with van der Waals surface area (Å²) < 4.78 is 0. The van der Waals surface area contributed by atoms with Gasteiger partial charge in [-0.3, -0.25) is 4.79 Å². The molecule has 0 heterocycles. The SMILES string of the molecule is CNC(=O)CCN(C)c1ccc(Cl)cc1CO. The predicted molar refractivity (Wildman–Crippen MR) is 69.3 cm³/mol. The number of nitrogens with zero attached hydrogens (tertiary/aromatic N) is 1. The molecule has 17 heavy (non-hydrogen) atoms. The van der Waals surface area contributed by atoms with E-state index in [4.69, 9.17) is 11.6 Å². The molecule has 1 rings (SSSR count). The Bertz CT molecular complexity index is 396. The van der Waals surface area contributed by atoms with E-state index in [0.717, 1.165) is 11.3 Å². The van der Waals surface area contributed by atoms with Crippen LogP contribution in [0.4, 0.5) is 5.69 Å². The maximum Gasteiger partial charge on any atom is 0.221 e. The topological polar surface area (TPSA) is 52.6 Å². The third-order valence-corrected chi connectivity index (χ3v) is 2.81. The first kappa shape index (κ1) is 13.8. The van der Waals surface area contributed by atoms with Gasteiger partial charge in [0.05, 0.1) is 6.61 Å². The Labute approximate surface area is 106 Å². The van der Waals surface area contributed by atoms with Crippen molar-refractivity contribution in [3.8, 4) is 0 Å². The fraction of sp³-hybridized carbons (Fsp3) is 0.417. The van der Waals surface area contributed by atoms with Crippen LogP contribution < -0.4 is 10.2 Å². The second kappa shape index (κ2) is 6.47. The summed E-state index contributed by atoms with van der Waals surface area (Å²) in [7, 11) is 3.50. The fourth-order valence-corrected chi connectivity index (χ4v) is 1.76. The summed E-state index contributed by atoms with van der Waals surface area (Å²) in [4.78, 5) is 13.1. The first-order valence-electron chi connectivity index (χ1n) is 5.39. The maximum atomic E-state index is 11.1. The van der Waals surface area contributed by atoms with Crippen molar-refractivity contribution in [1.82, 2.24) is 5.32 Å². The number of aliphatic hydroxyl groups excluding tert-OH is 1. The molecule has 0 spiro atoms. The van der Waals surface area contributed by atoms with Crippen LogP contribution in [0.15, 0.2) is 18.2 Å². The highest BCUT2D eigenvalue weighted by Gasteiger charge is 2.08. The lowest BCUT2D eigenvalue weighted by molar-refractivity contribution is -0.120. The summed E-state index contributed by atoms with van der Waals surface area (Å²) in [5.74, 6) is -0.00337. The van der Waals surface area contributed by atoms with Crippen molar-refractivity contribution in [2.75, 3.05) is 25.5 Å². The van der Waals surface area contributed by atoms with E-state index in [1.807, 2.05) is 18.0 Å². The van der Waals surface area contributed by atoms with Gasteiger partial charge in [-0.25, -0.2) is 0 Å². The second-order valence-corrected chi connectivity index (χ2v) is 4.21. The van der Waals surface area contributed by atoms with Crippen LogP contribution in [0.1, 0.15) is 12.0 Å². The lowest BCUT2D eigenvalue weighted by atomic mass is 10.1. The molecule has 4 nitrogen and oxygen atoms in total. The molecule has 5 heteroatoms. The van der Waals surface area contributed by atoms with Gasteiger partial charge < -0.3 is 15.3 Å². The summed E-state index contributed by atoms with van der Waals surface area (Å²) in [5, 5.41) is 12.4. The highest BCUT2D eigenvalue weighted by molar-refractivity contribution is 6.30. The number of halogens is 1. The molecule has 0 aromatic heterocycles. The fourth-order valence-electron chi connectivity index (χ4n) is 1.57. The predicted octanol–water partition coefficient (Wildman–Crippen LogP) is 1.40. The van der Waals surface area contributed by atoms with E-state index in [1.165, 1.54) is 0 Å². The molecular weight excluding hydrogens is 240 g/mol. The molecule has 2 N–H and O–H groups in total. The normalized spacial score (nSPS) is 10.1. The third-order valence-electron chi connectivity index (χ3n) is 2.58. The molecule has 0 radical (unpaired) electrons. The Hall–Kier alpha value is -1.26. The first-order chi connectivity index (χ1) is 8.08. The van der Waals surface area contributed by atoms with Gasteiger partial charge in [0.2, 0.25) is 5.91 Å². The molecule has 1 aromatic carbocycles. The monoisotopic (exact) mass is 256 g/mol. The van der Waals surface area contributed by atoms with Gasteiger partial charge in [-0.05, 0) is 18.2 Å². The van der Waals surface area contributed by atoms with Gasteiger partial charge in [0.1, 0.15) is 0 Å². The number of hydrogen-bond acceptors (Lipinski definition) is 3. The van der Waals surface area contributed by atoms with Crippen LogP contribution in [0.25, 0.3) is 0 Å². The molecule has 1 amide bonds. The minimum atomic E-state index is -0.0692. The van der Waals surface area contributed by atoms with Gasteiger partial charge in [-0.2, -0.15) is 0 Å². The minimum absolute atomic E-state index is 0.00337.